The minimum absolute atomic E-state index is 0.0797. The molecule has 150 valence electrons. The number of aryl methyl sites for hydroxylation is 2. The molecule has 7 heteroatoms. The lowest BCUT2D eigenvalue weighted by Crippen LogP contribution is -2.48. The van der Waals surface area contributed by atoms with E-state index in [1.54, 1.807) is 0 Å². The lowest BCUT2D eigenvalue weighted by Gasteiger charge is -2.45. The van der Waals surface area contributed by atoms with E-state index >= 15 is 0 Å². The highest BCUT2D eigenvalue weighted by molar-refractivity contribution is 5.67. The second-order valence-electron chi connectivity index (χ2n) is 8.24. The molecule has 2 aliphatic rings. The van der Waals surface area contributed by atoms with Crippen LogP contribution < -0.4 is 10.2 Å². The summed E-state index contributed by atoms with van der Waals surface area (Å²) in [5.74, 6) is 0.852. The van der Waals surface area contributed by atoms with Gasteiger partial charge < -0.3 is 19.7 Å². The fraction of sp³-hybridized carbons (Fsp3) is 0.750. The van der Waals surface area contributed by atoms with Crippen LogP contribution in [0.5, 0.6) is 0 Å². The Morgan fingerprint density at radius 2 is 1.96 bits per heavy atom. The van der Waals surface area contributed by atoms with E-state index in [1.165, 1.54) is 0 Å². The summed E-state index contributed by atoms with van der Waals surface area (Å²) >= 11 is 0. The molecular weight excluding hydrogens is 344 g/mol. The van der Waals surface area contributed by atoms with Crippen molar-refractivity contribution in [2.75, 3.05) is 31.1 Å². The molecule has 2 saturated heterocycles. The fourth-order valence-corrected chi connectivity index (χ4v) is 3.96. The molecule has 0 saturated carbocycles. The first-order valence-electron chi connectivity index (χ1n) is 9.99. The van der Waals surface area contributed by atoms with E-state index in [0.29, 0.717) is 6.54 Å². The van der Waals surface area contributed by atoms with Crippen molar-refractivity contribution in [3.63, 3.8) is 0 Å². The number of piperidine rings is 1. The van der Waals surface area contributed by atoms with Crippen molar-refractivity contribution in [1.29, 1.82) is 0 Å². The second kappa shape index (κ2) is 8.42. The molecule has 0 radical (unpaired) electrons. The lowest BCUT2D eigenvalue weighted by molar-refractivity contribution is -0.0705. The number of ether oxygens (including phenoxy) is 2. The number of carbonyl (C=O) groups excluding carboxylic acids is 1. The van der Waals surface area contributed by atoms with Crippen molar-refractivity contribution in [3.8, 4) is 0 Å². The van der Waals surface area contributed by atoms with Crippen LogP contribution in [0.25, 0.3) is 0 Å². The van der Waals surface area contributed by atoms with Crippen LogP contribution in [0.2, 0.25) is 0 Å². The Hall–Kier alpha value is -1.89. The van der Waals surface area contributed by atoms with Gasteiger partial charge in [-0.25, -0.2) is 14.8 Å². The summed E-state index contributed by atoms with van der Waals surface area (Å²) < 4.78 is 11.2. The van der Waals surface area contributed by atoms with Gasteiger partial charge in [-0.05, 0) is 64.9 Å². The van der Waals surface area contributed by atoms with E-state index in [2.05, 4.69) is 20.2 Å². The molecule has 0 unspecified atom stereocenters. The Kier molecular flexibility index (Phi) is 6.19. The molecule has 0 aromatic carbocycles. The van der Waals surface area contributed by atoms with Gasteiger partial charge in [0.15, 0.2) is 0 Å². The molecular formula is C20H32N4O3. The SMILES string of the molecule is Cc1cc(C)nc(N2CCC3(CC[C@@H](CNC(=O)OC(C)C)OC3)CC2)n1. The first kappa shape index (κ1) is 19.9. The van der Waals surface area contributed by atoms with E-state index in [0.717, 1.165) is 62.7 Å². The van der Waals surface area contributed by atoms with Gasteiger partial charge in [0, 0.05) is 31.0 Å². The molecule has 1 atom stereocenters. The van der Waals surface area contributed by atoms with E-state index in [-0.39, 0.29) is 23.7 Å². The van der Waals surface area contributed by atoms with Crippen LogP contribution >= 0.6 is 0 Å². The Bertz CT molecular complexity index is 626. The summed E-state index contributed by atoms with van der Waals surface area (Å²) in [4.78, 5) is 23.1. The fourth-order valence-electron chi connectivity index (χ4n) is 3.96. The number of anilines is 1. The van der Waals surface area contributed by atoms with Crippen molar-refractivity contribution in [2.24, 2.45) is 5.41 Å². The van der Waals surface area contributed by atoms with Crippen LogP contribution in [-0.2, 0) is 9.47 Å². The smallest absolute Gasteiger partial charge is 0.407 e. The minimum Gasteiger partial charge on any atom is -0.447 e. The number of nitrogens with zero attached hydrogens (tertiary/aromatic N) is 3. The lowest BCUT2D eigenvalue weighted by atomic mass is 9.73. The third-order valence-corrected chi connectivity index (χ3v) is 5.52. The van der Waals surface area contributed by atoms with Gasteiger partial charge in [0.25, 0.3) is 0 Å². The second-order valence-corrected chi connectivity index (χ2v) is 8.24. The molecule has 3 rings (SSSR count). The number of alkyl carbamates (subject to hydrolysis) is 1. The van der Waals surface area contributed by atoms with Crippen molar-refractivity contribution >= 4 is 12.0 Å². The van der Waals surface area contributed by atoms with Crippen LogP contribution in [0.1, 0.15) is 50.9 Å². The molecule has 2 aliphatic heterocycles. The largest absolute Gasteiger partial charge is 0.447 e. The van der Waals surface area contributed by atoms with Crippen molar-refractivity contribution < 1.29 is 14.3 Å². The third-order valence-electron chi connectivity index (χ3n) is 5.52. The van der Waals surface area contributed by atoms with Gasteiger partial charge in [-0.3, -0.25) is 0 Å². The number of hydrogen-bond donors (Lipinski definition) is 1. The van der Waals surface area contributed by atoms with E-state index < -0.39 is 0 Å². The maximum absolute atomic E-state index is 11.6. The van der Waals surface area contributed by atoms with Gasteiger partial charge in [-0.2, -0.15) is 0 Å². The third kappa shape index (κ3) is 5.31. The molecule has 1 aromatic rings. The van der Waals surface area contributed by atoms with E-state index in [1.807, 2.05) is 33.8 Å². The van der Waals surface area contributed by atoms with Gasteiger partial charge >= 0.3 is 6.09 Å². The summed E-state index contributed by atoms with van der Waals surface area (Å²) in [7, 11) is 0. The average Bonchev–Trinajstić information content (AvgIpc) is 2.60. The van der Waals surface area contributed by atoms with Gasteiger partial charge in [0.05, 0.1) is 18.8 Å². The zero-order valence-corrected chi connectivity index (χ0v) is 17.0. The topological polar surface area (TPSA) is 76.6 Å². The zero-order valence-electron chi connectivity index (χ0n) is 17.0. The quantitative estimate of drug-likeness (QED) is 0.870. The van der Waals surface area contributed by atoms with Gasteiger partial charge in [0.1, 0.15) is 0 Å². The van der Waals surface area contributed by atoms with Gasteiger partial charge in [0.2, 0.25) is 5.95 Å². The average molecular weight is 377 g/mol. The van der Waals surface area contributed by atoms with Crippen LogP contribution in [0, 0.1) is 19.3 Å². The predicted molar refractivity (Wildman–Crippen MR) is 104 cm³/mol. The number of hydrogen-bond acceptors (Lipinski definition) is 6. The molecule has 27 heavy (non-hydrogen) atoms. The van der Waals surface area contributed by atoms with Gasteiger partial charge in [-0.15, -0.1) is 0 Å². The van der Waals surface area contributed by atoms with E-state index in [4.69, 9.17) is 9.47 Å². The number of carbonyl (C=O) groups is 1. The monoisotopic (exact) mass is 376 g/mol. The van der Waals surface area contributed by atoms with Crippen molar-refractivity contribution in [1.82, 2.24) is 15.3 Å². The van der Waals surface area contributed by atoms with Crippen molar-refractivity contribution in [3.05, 3.63) is 17.5 Å². The first-order chi connectivity index (χ1) is 12.8. The van der Waals surface area contributed by atoms with Crippen LogP contribution in [0.15, 0.2) is 6.07 Å². The summed E-state index contributed by atoms with van der Waals surface area (Å²) in [6.07, 6.45) is 3.92. The molecule has 1 spiro atoms. The number of amides is 1. The van der Waals surface area contributed by atoms with E-state index in [9.17, 15) is 4.79 Å². The molecule has 0 bridgehead atoms. The Morgan fingerprint density at radius 3 is 2.52 bits per heavy atom. The Morgan fingerprint density at radius 1 is 1.30 bits per heavy atom. The Labute approximate surface area is 161 Å². The van der Waals surface area contributed by atoms with Crippen LogP contribution in [0.4, 0.5) is 10.7 Å². The summed E-state index contributed by atoms with van der Waals surface area (Å²) in [5.41, 5.74) is 2.29. The highest BCUT2D eigenvalue weighted by atomic mass is 16.6. The first-order valence-corrected chi connectivity index (χ1v) is 9.99. The predicted octanol–water partition coefficient (Wildman–Crippen LogP) is 2.99. The Balaban J connectivity index is 1.45. The highest BCUT2D eigenvalue weighted by Gasteiger charge is 2.39. The van der Waals surface area contributed by atoms with Crippen molar-refractivity contribution in [2.45, 2.75) is 65.6 Å². The molecule has 1 N–H and O–H groups in total. The van der Waals surface area contributed by atoms with Crippen LogP contribution in [0.3, 0.4) is 0 Å². The molecule has 2 fully saturated rings. The summed E-state index contributed by atoms with van der Waals surface area (Å²) in [6.45, 7) is 10.9. The zero-order chi connectivity index (χ0) is 19.4. The summed E-state index contributed by atoms with van der Waals surface area (Å²) in [5, 5.41) is 2.80. The number of aromatic nitrogens is 2. The number of rotatable bonds is 4. The summed E-state index contributed by atoms with van der Waals surface area (Å²) in [6, 6.07) is 2.01. The molecule has 1 aromatic heterocycles. The molecule has 3 heterocycles. The van der Waals surface area contributed by atoms with Gasteiger partial charge in [-0.1, -0.05) is 0 Å². The maximum atomic E-state index is 11.6. The molecule has 1 amide bonds. The standard InChI is InChI=1S/C20H32N4O3/c1-14(2)27-19(25)21-12-17-5-6-20(13-26-17)7-9-24(10-8-20)18-22-15(3)11-16(4)23-18/h11,14,17H,5-10,12-13H2,1-4H3,(H,21,25)/t17-/m0/s1. The minimum atomic E-state index is -0.365. The van der Waals surface area contributed by atoms with Crippen LogP contribution in [-0.4, -0.2) is 54.5 Å². The highest BCUT2D eigenvalue weighted by Crippen LogP contribution is 2.41. The molecule has 7 nitrogen and oxygen atoms in total. The maximum Gasteiger partial charge on any atom is 0.407 e. The normalized spacial score (nSPS) is 22.1. The molecule has 0 aliphatic carbocycles. The number of nitrogens with one attached hydrogen (secondary N) is 1.